The molecule has 0 fully saturated rings. The van der Waals surface area contributed by atoms with Crippen molar-refractivity contribution < 1.29 is 19.4 Å². The van der Waals surface area contributed by atoms with E-state index in [2.05, 4.69) is 11.9 Å². The first-order valence-electron chi connectivity index (χ1n) is 6.36. The summed E-state index contributed by atoms with van der Waals surface area (Å²) in [4.78, 5) is 21.9. The number of carboxylic acids is 1. The van der Waals surface area contributed by atoms with Crippen molar-refractivity contribution in [2.24, 2.45) is 5.92 Å². The van der Waals surface area contributed by atoms with Crippen molar-refractivity contribution in [1.29, 1.82) is 0 Å². The van der Waals surface area contributed by atoms with E-state index >= 15 is 0 Å². The van der Waals surface area contributed by atoms with Crippen LogP contribution in [0.1, 0.15) is 39.0 Å². The lowest BCUT2D eigenvalue weighted by atomic mass is 9.97. The molecule has 0 aromatic rings. The van der Waals surface area contributed by atoms with Crippen molar-refractivity contribution in [1.82, 2.24) is 5.32 Å². The van der Waals surface area contributed by atoms with Gasteiger partial charge in [-0.05, 0) is 19.3 Å². The lowest BCUT2D eigenvalue weighted by Crippen LogP contribution is -2.25. The van der Waals surface area contributed by atoms with Crippen LogP contribution in [0.5, 0.6) is 0 Å². The molecule has 18 heavy (non-hydrogen) atoms. The van der Waals surface area contributed by atoms with E-state index in [9.17, 15) is 9.59 Å². The van der Waals surface area contributed by atoms with Gasteiger partial charge in [0.15, 0.2) is 0 Å². The van der Waals surface area contributed by atoms with Gasteiger partial charge in [0.05, 0.1) is 5.92 Å². The van der Waals surface area contributed by atoms with E-state index in [4.69, 9.17) is 9.84 Å². The molecule has 5 heteroatoms. The largest absolute Gasteiger partial charge is 0.481 e. The van der Waals surface area contributed by atoms with E-state index in [1.165, 1.54) is 6.08 Å². The molecule has 5 nitrogen and oxygen atoms in total. The highest BCUT2D eigenvalue weighted by molar-refractivity contribution is 5.69. The molecule has 0 aliphatic carbocycles. The lowest BCUT2D eigenvalue weighted by molar-refractivity contribution is -0.142. The van der Waals surface area contributed by atoms with Crippen LogP contribution in [0.4, 0.5) is 4.79 Å². The highest BCUT2D eigenvalue weighted by Gasteiger charge is 2.15. The standard InChI is InChI=1S/C13H23NO4/c1-3-7-11(12(15)16)8-5-6-9-14-13(17)18-10-4-2/h4,11H,2-3,5-10H2,1H3,(H,14,17)(H,15,16). The second kappa shape index (κ2) is 10.6. The van der Waals surface area contributed by atoms with Gasteiger partial charge in [-0.2, -0.15) is 0 Å². The van der Waals surface area contributed by atoms with Crippen molar-refractivity contribution in [2.45, 2.75) is 39.0 Å². The van der Waals surface area contributed by atoms with E-state index in [0.29, 0.717) is 19.4 Å². The Labute approximate surface area is 108 Å². The number of rotatable bonds is 10. The molecule has 0 bridgehead atoms. The molecule has 0 aliphatic heterocycles. The molecule has 0 saturated carbocycles. The van der Waals surface area contributed by atoms with Crippen LogP contribution in [0.3, 0.4) is 0 Å². The van der Waals surface area contributed by atoms with Gasteiger partial charge in [0, 0.05) is 6.54 Å². The molecular weight excluding hydrogens is 234 g/mol. The smallest absolute Gasteiger partial charge is 0.407 e. The van der Waals surface area contributed by atoms with Crippen LogP contribution >= 0.6 is 0 Å². The highest BCUT2D eigenvalue weighted by atomic mass is 16.5. The average Bonchev–Trinajstić information content (AvgIpc) is 2.34. The van der Waals surface area contributed by atoms with E-state index in [1.54, 1.807) is 0 Å². The van der Waals surface area contributed by atoms with Crippen molar-refractivity contribution in [3.8, 4) is 0 Å². The fraction of sp³-hybridized carbons (Fsp3) is 0.692. The van der Waals surface area contributed by atoms with Crippen LogP contribution in [0.2, 0.25) is 0 Å². The fourth-order valence-corrected chi connectivity index (χ4v) is 1.63. The predicted octanol–water partition coefficient (Wildman–Crippen LogP) is 2.57. The van der Waals surface area contributed by atoms with Crippen LogP contribution in [0, 0.1) is 5.92 Å². The Hall–Kier alpha value is -1.52. The van der Waals surface area contributed by atoms with E-state index in [0.717, 1.165) is 19.3 Å². The monoisotopic (exact) mass is 257 g/mol. The maximum absolute atomic E-state index is 11.0. The van der Waals surface area contributed by atoms with Gasteiger partial charge in [0.1, 0.15) is 6.61 Å². The number of hydrogen-bond acceptors (Lipinski definition) is 3. The Balaban J connectivity index is 3.56. The minimum atomic E-state index is -0.727. The number of carboxylic acid groups (broad SMARTS) is 1. The number of nitrogens with one attached hydrogen (secondary N) is 1. The molecule has 1 amide bonds. The van der Waals surface area contributed by atoms with Crippen LogP contribution in [0.25, 0.3) is 0 Å². The van der Waals surface area contributed by atoms with Gasteiger partial charge in [0.2, 0.25) is 0 Å². The summed E-state index contributed by atoms with van der Waals surface area (Å²) >= 11 is 0. The number of ether oxygens (including phenoxy) is 1. The number of hydrogen-bond donors (Lipinski definition) is 2. The number of aliphatic carboxylic acids is 1. The highest BCUT2D eigenvalue weighted by Crippen LogP contribution is 2.14. The van der Waals surface area contributed by atoms with Gasteiger partial charge in [0.25, 0.3) is 0 Å². The Morgan fingerprint density at radius 3 is 2.67 bits per heavy atom. The van der Waals surface area contributed by atoms with Crippen LogP contribution in [-0.4, -0.2) is 30.3 Å². The topological polar surface area (TPSA) is 75.6 Å². The molecule has 0 spiro atoms. The van der Waals surface area contributed by atoms with Gasteiger partial charge in [-0.1, -0.05) is 32.4 Å². The summed E-state index contributed by atoms with van der Waals surface area (Å²) in [5, 5.41) is 11.5. The van der Waals surface area contributed by atoms with Gasteiger partial charge in [-0.25, -0.2) is 4.79 Å². The zero-order valence-electron chi connectivity index (χ0n) is 11.0. The number of alkyl carbamates (subject to hydrolysis) is 1. The van der Waals surface area contributed by atoms with Crippen LogP contribution in [0.15, 0.2) is 12.7 Å². The number of amides is 1. The zero-order valence-corrected chi connectivity index (χ0v) is 11.0. The predicted molar refractivity (Wildman–Crippen MR) is 69.4 cm³/mol. The second-order valence-electron chi connectivity index (χ2n) is 4.13. The molecule has 0 radical (unpaired) electrons. The Morgan fingerprint density at radius 2 is 2.11 bits per heavy atom. The molecule has 1 atom stereocenters. The third-order valence-electron chi connectivity index (χ3n) is 2.57. The third-order valence-corrected chi connectivity index (χ3v) is 2.57. The SMILES string of the molecule is C=CCOC(=O)NCCCCC(CCC)C(=O)O. The first-order valence-corrected chi connectivity index (χ1v) is 6.36. The van der Waals surface area contributed by atoms with Crippen molar-refractivity contribution >= 4 is 12.1 Å². The molecule has 0 aliphatic rings. The van der Waals surface area contributed by atoms with Crippen LogP contribution < -0.4 is 5.32 Å². The number of carbonyl (C=O) groups excluding carboxylic acids is 1. The third kappa shape index (κ3) is 8.61. The summed E-state index contributed by atoms with van der Waals surface area (Å²) in [6, 6.07) is 0. The fourth-order valence-electron chi connectivity index (χ4n) is 1.63. The molecule has 0 aromatic heterocycles. The molecule has 0 heterocycles. The number of carbonyl (C=O) groups is 2. The lowest BCUT2D eigenvalue weighted by Gasteiger charge is -2.10. The summed E-state index contributed by atoms with van der Waals surface area (Å²) < 4.78 is 4.73. The van der Waals surface area contributed by atoms with E-state index in [-0.39, 0.29) is 12.5 Å². The Morgan fingerprint density at radius 1 is 1.39 bits per heavy atom. The van der Waals surface area contributed by atoms with Gasteiger partial charge in [-0.3, -0.25) is 4.79 Å². The maximum atomic E-state index is 11.0. The minimum absolute atomic E-state index is 0.198. The summed E-state index contributed by atoms with van der Waals surface area (Å²) in [7, 11) is 0. The summed E-state index contributed by atoms with van der Waals surface area (Å²) in [6.07, 6.45) is 4.84. The molecule has 1 unspecified atom stereocenters. The molecule has 104 valence electrons. The van der Waals surface area contributed by atoms with E-state index < -0.39 is 12.1 Å². The summed E-state index contributed by atoms with van der Waals surface area (Å²) in [5.41, 5.74) is 0. The zero-order chi connectivity index (χ0) is 13.8. The van der Waals surface area contributed by atoms with E-state index in [1.807, 2.05) is 6.92 Å². The average molecular weight is 257 g/mol. The molecular formula is C13H23NO4. The Bertz CT molecular complexity index is 266. The number of unbranched alkanes of at least 4 members (excludes halogenated alkanes) is 1. The van der Waals surface area contributed by atoms with Crippen molar-refractivity contribution in [2.75, 3.05) is 13.2 Å². The van der Waals surface area contributed by atoms with Gasteiger partial charge in [-0.15, -0.1) is 0 Å². The first-order chi connectivity index (χ1) is 8.61. The Kier molecular flexibility index (Phi) is 9.73. The molecule has 0 saturated heterocycles. The molecule has 2 N–H and O–H groups in total. The quantitative estimate of drug-likeness (QED) is 0.466. The summed E-state index contributed by atoms with van der Waals surface area (Å²) in [5.74, 6) is -0.988. The normalized spacial score (nSPS) is 11.6. The van der Waals surface area contributed by atoms with Crippen molar-refractivity contribution in [3.63, 3.8) is 0 Å². The molecule has 0 rings (SSSR count). The second-order valence-corrected chi connectivity index (χ2v) is 4.13. The minimum Gasteiger partial charge on any atom is -0.481 e. The summed E-state index contributed by atoms with van der Waals surface area (Å²) in [6.45, 7) is 6.12. The van der Waals surface area contributed by atoms with Crippen molar-refractivity contribution in [3.05, 3.63) is 12.7 Å². The first kappa shape index (κ1) is 16.5. The van der Waals surface area contributed by atoms with Gasteiger partial charge >= 0.3 is 12.1 Å². The van der Waals surface area contributed by atoms with Crippen LogP contribution in [-0.2, 0) is 9.53 Å². The molecule has 0 aromatic carbocycles. The maximum Gasteiger partial charge on any atom is 0.407 e. The van der Waals surface area contributed by atoms with Gasteiger partial charge < -0.3 is 15.2 Å².